The third kappa shape index (κ3) is 3.71. The number of nitrogens with one attached hydrogen (secondary N) is 1. The van der Waals surface area contributed by atoms with Crippen molar-refractivity contribution in [3.8, 4) is 0 Å². The molecule has 2 heterocycles. The fourth-order valence-corrected chi connectivity index (χ4v) is 5.07. The Morgan fingerprint density at radius 2 is 2.15 bits per heavy atom. The standard InChI is InChI=1S/C19H23N3O4S/c1-2-10-27(24,25)22-9-3-4-14-11-15(7-8-17(14)22)20-19(23)16-12-18(26-21-16)13-5-6-13/h7-8,11-13H,2-6,9-10H2,1H3,(H,20,23). The summed E-state index contributed by atoms with van der Waals surface area (Å²) in [5, 5.41) is 6.68. The van der Waals surface area contributed by atoms with E-state index in [1.165, 1.54) is 4.31 Å². The van der Waals surface area contributed by atoms with Crippen LogP contribution in [0.5, 0.6) is 0 Å². The van der Waals surface area contributed by atoms with E-state index in [1.54, 1.807) is 18.2 Å². The SMILES string of the molecule is CCCS(=O)(=O)N1CCCc2cc(NC(=O)c3cc(C4CC4)on3)ccc21. The van der Waals surface area contributed by atoms with E-state index in [0.29, 0.717) is 30.3 Å². The van der Waals surface area contributed by atoms with E-state index in [0.717, 1.165) is 37.0 Å². The Labute approximate surface area is 158 Å². The highest BCUT2D eigenvalue weighted by Crippen LogP contribution is 2.40. The Morgan fingerprint density at radius 3 is 2.89 bits per heavy atom. The molecular formula is C19H23N3O4S. The normalized spacial score (nSPS) is 16.9. The van der Waals surface area contributed by atoms with Gasteiger partial charge in [-0.1, -0.05) is 12.1 Å². The van der Waals surface area contributed by atoms with E-state index in [1.807, 2.05) is 13.0 Å². The number of hydrogen-bond donors (Lipinski definition) is 1. The minimum atomic E-state index is -3.30. The molecule has 1 aliphatic carbocycles. The van der Waals surface area contributed by atoms with Gasteiger partial charge in [-0.05, 0) is 55.9 Å². The molecule has 144 valence electrons. The third-order valence-electron chi connectivity index (χ3n) is 4.95. The van der Waals surface area contributed by atoms with Crippen LogP contribution in [0, 0.1) is 0 Å². The van der Waals surface area contributed by atoms with Gasteiger partial charge in [0.15, 0.2) is 5.69 Å². The number of nitrogens with zero attached hydrogens (tertiary/aromatic N) is 2. The molecular weight excluding hydrogens is 366 g/mol. The van der Waals surface area contributed by atoms with Crippen LogP contribution < -0.4 is 9.62 Å². The predicted octanol–water partition coefficient (Wildman–Crippen LogP) is 3.30. The Hall–Kier alpha value is -2.35. The van der Waals surface area contributed by atoms with Gasteiger partial charge in [-0.15, -0.1) is 0 Å². The van der Waals surface area contributed by atoms with Crippen molar-refractivity contribution < 1.29 is 17.7 Å². The number of benzene rings is 1. The molecule has 7 nitrogen and oxygen atoms in total. The molecule has 0 saturated heterocycles. The lowest BCUT2D eigenvalue weighted by Crippen LogP contribution is -2.37. The highest BCUT2D eigenvalue weighted by atomic mass is 32.2. The second-order valence-corrected chi connectivity index (χ2v) is 9.19. The first kappa shape index (κ1) is 18.0. The Bertz CT molecular complexity index is 963. The quantitative estimate of drug-likeness (QED) is 0.818. The highest BCUT2D eigenvalue weighted by Gasteiger charge is 2.29. The zero-order valence-corrected chi connectivity index (χ0v) is 16.1. The number of hydrogen-bond acceptors (Lipinski definition) is 5. The second-order valence-electron chi connectivity index (χ2n) is 7.18. The van der Waals surface area contributed by atoms with Gasteiger partial charge in [0.05, 0.1) is 11.4 Å². The van der Waals surface area contributed by atoms with Crippen LogP contribution in [-0.2, 0) is 16.4 Å². The zero-order valence-electron chi connectivity index (χ0n) is 15.3. The van der Waals surface area contributed by atoms with Crippen molar-refractivity contribution >= 4 is 27.3 Å². The largest absolute Gasteiger partial charge is 0.360 e. The summed E-state index contributed by atoms with van der Waals surface area (Å²) < 4.78 is 31.7. The summed E-state index contributed by atoms with van der Waals surface area (Å²) in [6.45, 7) is 2.36. The predicted molar refractivity (Wildman–Crippen MR) is 103 cm³/mol. The maximum absolute atomic E-state index is 12.5. The van der Waals surface area contributed by atoms with Gasteiger partial charge >= 0.3 is 0 Å². The van der Waals surface area contributed by atoms with Crippen LogP contribution in [0.25, 0.3) is 0 Å². The van der Waals surface area contributed by atoms with E-state index in [2.05, 4.69) is 10.5 Å². The van der Waals surface area contributed by atoms with Crippen LogP contribution in [0.1, 0.15) is 60.3 Å². The van der Waals surface area contributed by atoms with Crippen LogP contribution in [0.15, 0.2) is 28.8 Å². The van der Waals surface area contributed by atoms with Crippen molar-refractivity contribution in [2.45, 2.75) is 44.9 Å². The van der Waals surface area contributed by atoms with Gasteiger partial charge < -0.3 is 9.84 Å². The molecule has 0 bridgehead atoms. The Kier molecular flexibility index (Phi) is 4.67. The zero-order chi connectivity index (χ0) is 19.0. The number of carbonyl (C=O) groups is 1. The fourth-order valence-electron chi connectivity index (χ4n) is 3.45. The lowest BCUT2D eigenvalue weighted by Gasteiger charge is -2.30. The molecule has 1 amide bonds. The summed E-state index contributed by atoms with van der Waals surface area (Å²) in [5.74, 6) is 0.985. The van der Waals surface area contributed by atoms with Gasteiger partial charge in [0.2, 0.25) is 10.0 Å². The number of anilines is 2. The molecule has 2 aromatic rings. The topological polar surface area (TPSA) is 92.5 Å². The van der Waals surface area contributed by atoms with E-state index < -0.39 is 10.0 Å². The van der Waals surface area contributed by atoms with Crippen LogP contribution in [0.3, 0.4) is 0 Å². The molecule has 1 fully saturated rings. The molecule has 0 atom stereocenters. The first-order chi connectivity index (χ1) is 13.0. The number of aromatic nitrogens is 1. The maximum Gasteiger partial charge on any atom is 0.277 e. The molecule has 1 aromatic carbocycles. The van der Waals surface area contributed by atoms with Crippen LogP contribution in [0.2, 0.25) is 0 Å². The average Bonchev–Trinajstić information content (AvgIpc) is 3.37. The van der Waals surface area contributed by atoms with Gasteiger partial charge in [0, 0.05) is 24.2 Å². The second kappa shape index (κ2) is 6.99. The molecule has 1 aromatic heterocycles. The van der Waals surface area contributed by atoms with Gasteiger partial charge in [-0.25, -0.2) is 8.42 Å². The molecule has 2 aliphatic rings. The third-order valence-corrected chi connectivity index (χ3v) is 6.93. The first-order valence-electron chi connectivity index (χ1n) is 9.39. The van der Waals surface area contributed by atoms with Crippen LogP contribution >= 0.6 is 0 Å². The van der Waals surface area contributed by atoms with Gasteiger partial charge in [0.1, 0.15) is 5.76 Å². The lowest BCUT2D eigenvalue weighted by molar-refractivity contribution is 0.101. The minimum absolute atomic E-state index is 0.139. The van der Waals surface area contributed by atoms with Crippen LogP contribution in [-0.4, -0.2) is 31.8 Å². The smallest absolute Gasteiger partial charge is 0.277 e. The van der Waals surface area contributed by atoms with Gasteiger partial charge in [0.25, 0.3) is 5.91 Å². The number of sulfonamides is 1. The summed E-state index contributed by atoms with van der Waals surface area (Å²) in [4.78, 5) is 12.4. The monoisotopic (exact) mass is 389 g/mol. The molecule has 0 unspecified atom stereocenters. The molecule has 0 spiro atoms. The van der Waals surface area contributed by atoms with E-state index in [-0.39, 0.29) is 17.4 Å². The van der Waals surface area contributed by atoms with Crippen molar-refractivity contribution in [2.24, 2.45) is 0 Å². The summed E-state index contributed by atoms with van der Waals surface area (Å²) in [7, 11) is -3.30. The summed E-state index contributed by atoms with van der Waals surface area (Å²) in [6, 6.07) is 7.06. The Balaban J connectivity index is 1.52. The summed E-state index contributed by atoms with van der Waals surface area (Å²) in [5.41, 5.74) is 2.54. The molecule has 1 N–H and O–H groups in total. The van der Waals surface area contributed by atoms with E-state index in [9.17, 15) is 13.2 Å². The minimum Gasteiger partial charge on any atom is -0.360 e. The van der Waals surface area contributed by atoms with Crippen molar-refractivity contribution in [3.05, 3.63) is 41.3 Å². The van der Waals surface area contributed by atoms with Crippen molar-refractivity contribution in [3.63, 3.8) is 0 Å². The number of fused-ring (bicyclic) bond motifs is 1. The van der Waals surface area contributed by atoms with E-state index >= 15 is 0 Å². The molecule has 1 aliphatic heterocycles. The maximum atomic E-state index is 12.5. The number of amides is 1. The molecule has 4 rings (SSSR count). The molecule has 1 saturated carbocycles. The highest BCUT2D eigenvalue weighted by molar-refractivity contribution is 7.92. The molecule has 8 heteroatoms. The lowest BCUT2D eigenvalue weighted by atomic mass is 10.0. The van der Waals surface area contributed by atoms with Gasteiger partial charge in [-0.2, -0.15) is 0 Å². The van der Waals surface area contributed by atoms with Crippen molar-refractivity contribution in [1.82, 2.24) is 5.16 Å². The summed E-state index contributed by atoms with van der Waals surface area (Å²) >= 11 is 0. The first-order valence-corrected chi connectivity index (χ1v) is 11.0. The molecule has 0 radical (unpaired) electrons. The number of carbonyl (C=O) groups excluding carboxylic acids is 1. The van der Waals surface area contributed by atoms with Crippen molar-refractivity contribution in [1.29, 1.82) is 0 Å². The van der Waals surface area contributed by atoms with E-state index in [4.69, 9.17) is 4.52 Å². The Morgan fingerprint density at radius 1 is 1.33 bits per heavy atom. The van der Waals surface area contributed by atoms with Gasteiger partial charge in [-0.3, -0.25) is 9.10 Å². The summed E-state index contributed by atoms with van der Waals surface area (Å²) in [6.07, 6.45) is 4.30. The number of rotatable bonds is 6. The van der Waals surface area contributed by atoms with Crippen molar-refractivity contribution in [2.75, 3.05) is 21.9 Å². The number of aryl methyl sites for hydroxylation is 1. The van der Waals surface area contributed by atoms with Crippen LogP contribution in [0.4, 0.5) is 11.4 Å². The fraction of sp³-hybridized carbons (Fsp3) is 0.474. The molecule has 27 heavy (non-hydrogen) atoms. The average molecular weight is 389 g/mol.